The summed E-state index contributed by atoms with van der Waals surface area (Å²) in [6.45, 7) is 2.29. The molecule has 0 aliphatic carbocycles. The molecule has 0 amide bonds. The van der Waals surface area contributed by atoms with Gasteiger partial charge in [-0.2, -0.15) is 10.3 Å². The third kappa shape index (κ3) is 4.04. The summed E-state index contributed by atoms with van der Waals surface area (Å²) in [7, 11) is 0. The maximum absolute atomic E-state index is 11.2. The summed E-state index contributed by atoms with van der Waals surface area (Å²) >= 11 is 1.83. The Morgan fingerprint density at radius 2 is 1.70 bits per heavy atom. The Balaban J connectivity index is 1.54. The van der Waals surface area contributed by atoms with Gasteiger partial charge in [-0.05, 0) is 48.0 Å². The fourth-order valence-corrected chi connectivity index (χ4v) is 4.30. The number of carbonyl (C=O) groups is 1. The van der Waals surface area contributed by atoms with Crippen LogP contribution in [-0.4, -0.2) is 43.9 Å². The molecule has 138 valence electrons. The Labute approximate surface area is 161 Å². The van der Waals surface area contributed by atoms with Crippen molar-refractivity contribution in [2.45, 2.75) is 24.2 Å². The molecular weight excluding hydrogens is 360 g/mol. The third-order valence-electron chi connectivity index (χ3n) is 4.63. The number of benzene rings is 2. The van der Waals surface area contributed by atoms with Crippen LogP contribution < -0.4 is 0 Å². The number of aromatic carboxylic acids is 1. The minimum Gasteiger partial charge on any atom is -0.476 e. The molecule has 1 saturated heterocycles. The molecule has 1 aliphatic heterocycles. The molecule has 0 radical (unpaired) electrons. The fraction of sp³-hybridized carbons (Fsp3) is 0.250. The lowest BCUT2D eigenvalue weighted by Crippen LogP contribution is -2.22. The first-order valence-corrected chi connectivity index (χ1v) is 9.76. The van der Waals surface area contributed by atoms with Gasteiger partial charge in [-0.15, -0.1) is 5.10 Å². The average Bonchev–Trinajstić information content (AvgIpc) is 3.19. The monoisotopic (exact) mass is 380 g/mol. The Bertz CT molecular complexity index is 933. The lowest BCUT2D eigenvalue weighted by molar-refractivity contribution is 0.0691. The molecule has 0 spiro atoms. The minimum absolute atomic E-state index is 0.0670. The lowest BCUT2D eigenvalue weighted by atomic mass is 10.0. The zero-order valence-corrected chi connectivity index (χ0v) is 15.6. The second-order valence-corrected chi connectivity index (χ2v) is 7.68. The van der Waals surface area contributed by atoms with Gasteiger partial charge in [-0.3, -0.25) is 0 Å². The number of hydrogen-bond acceptors (Lipinski definition) is 5. The highest BCUT2D eigenvalue weighted by Crippen LogP contribution is 2.31. The van der Waals surface area contributed by atoms with Crippen molar-refractivity contribution in [3.05, 3.63) is 54.2 Å². The number of rotatable bonds is 5. The Morgan fingerprint density at radius 3 is 2.44 bits per heavy atom. The van der Waals surface area contributed by atoms with Crippen LogP contribution in [0.2, 0.25) is 0 Å². The summed E-state index contributed by atoms with van der Waals surface area (Å²) in [5.41, 5.74) is 3.23. The number of nitrogens with zero attached hydrogens (tertiary/aromatic N) is 3. The van der Waals surface area contributed by atoms with Gasteiger partial charge >= 0.3 is 5.97 Å². The van der Waals surface area contributed by atoms with E-state index in [0.717, 1.165) is 29.8 Å². The highest BCUT2D eigenvalue weighted by Gasteiger charge is 2.17. The molecule has 0 bridgehead atoms. The van der Waals surface area contributed by atoms with Crippen LogP contribution in [-0.2, 0) is 0 Å². The van der Waals surface area contributed by atoms with Gasteiger partial charge in [-0.1, -0.05) is 42.8 Å². The second-order valence-electron chi connectivity index (χ2n) is 6.51. The standard InChI is InChI=1S/C20H20N4O2S/c25-20(26)19-18(21-23-22-19)15-9-7-14(8-10-15)16-5-4-6-17(13-16)27-24-11-2-1-3-12-24/h4-10,13H,1-3,11-12H2,(H,25,26)(H,21,22,23). The fourth-order valence-electron chi connectivity index (χ4n) is 3.24. The van der Waals surface area contributed by atoms with Crippen LogP contribution in [0.1, 0.15) is 29.8 Å². The number of H-pyrrole nitrogens is 1. The summed E-state index contributed by atoms with van der Waals surface area (Å²) in [6, 6.07) is 16.2. The van der Waals surface area contributed by atoms with Crippen LogP contribution in [0.5, 0.6) is 0 Å². The maximum Gasteiger partial charge on any atom is 0.358 e. The van der Waals surface area contributed by atoms with E-state index in [1.807, 2.05) is 36.2 Å². The van der Waals surface area contributed by atoms with E-state index in [2.05, 4.69) is 44.0 Å². The van der Waals surface area contributed by atoms with Crippen LogP contribution in [0.25, 0.3) is 22.4 Å². The molecule has 6 nitrogen and oxygen atoms in total. The van der Waals surface area contributed by atoms with E-state index in [9.17, 15) is 9.90 Å². The van der Waals surface area contributed by atoms with Crippen molar-refractivity contribution >= 4 is 17.9 Å². The number of carboxylic acid groups (broad SMARTS) is 1. The van der Waals surface area contributed by atoms with E-state index in [0.29, 0.717) is 5.69 Å². The van der Waals surface area contributed by atoms with Gasteiger partial charge in [0.25, 0.3) is 0 Å². The first-order chi connectivity index (χ1) is 13.2. The van der Waals surface area contributed by atoms with Crippen molar-refractivity contribution in [2.24, 2.45) is 0 Å². The summed E-state index contributed by atoms with van der Waals surface area (Å²) < 4.78 is 2.43. The van der Waals surface area contributed by atoms with Crippen LogP contribution in [0.3, 0.4) is 0 Å². The normalized spacial score (nSPS) is 15.0. The van der Waals surface area contributed by atoms with Crippen molar-refractivity contribution in [1.29, 1.82) is 0 Å². The zero-order chi connectivity index (χ0) is 18.6. The largest absolute Gasteiger partial charge is 0.476 e. The van der Waals surface area contributed by atoms with Gasteiger partial charge in [0.05, 0.1) is 0 Å². The minimum atomic E-state index is -1.09. The van der Waals surface area contributed by atoms with Crippen molar-refractivity contribution < 1.29 is 9.90 Å². The van der Waals surface area contributed by atoms with Gasteiger partial charge in [0.1, 0.15) is 5.69 Å². The zero-order valence-electron chi connectivity index (χ0n) is 14.8. The van der Waals surface area contributed by atoms with Gasteiger partial charge in [-0.25, -0.2) is 9.10 Å². The number of nitrogens with one attached hydrogen (secondary N) is 1. The van der Waals surface area contributed by atoms with Crippen LogP contribution >= 0.6 is 11.9 Å². The van der Waals surface area contributed by atoms with Crippen molar-refractivity contribution in [1.82, 2.24) is 19.7 Å². The SMILES string of the molecule is O=C(O)c1n[nH]nc1-c1ccc(-c2cccc(SN3CCCCC3)c2)cc1. The Morgan fingerprint density at radius 1 is 0.963 bits per heavy atom. The first kappa shape index (κ1) is 17.8. The van der Waals surface area contributed by atoms with Crippen LogP contribution in [0, 0.1) is 0 Å². The van der Waals surface area contributed by atoms with Crippen LogP contribution in [0.15, 0.2) is 53.4 Å². The molecular formula is C20H20N4O2S. The molecule has 4 rings (SSSR count). The molecule has 1 aromatic heterocycles. The molecule has 3 aromatic rings. The van der Waals surface area contributed by atoms with Gasteiger partial charge in [0.15, 0.2) is 5.69 Å². The van der Waals surface area contributed by atoms with Crippen molar-refractivity contribution in [3.8, 4) is 22.4 Å². The Kier molecular flexibility index (Phi) is 5.22. The van der Waals surface area contributed by atoms with Gasteiger partial charge in [0, 0.05) is 23.5 Å². The summed E-state index contributed by atoms with van der Waals surface area (Å²) in [4.78, 5) is 12.5. The van der Waals surface area contributed by atoms with E-state index in [1.54, 1.807) is 0 Å². The molecule has 27 heavy (non-hydrogen) atoms. The quantitative estimate of drug-likeness (QED) is 0.641. The lowest BCUT2D eigenvalue weighted by Gasteiger charge is -2.25. The summed E-state index contributed by atoms with van der Waals surface area (Å²) in [6.07, 6.45) is 3.88. The van der Waals surface area contributed by atoms with E-state index >= 15 is 0 Å². The smallest absolute Gasteiger partial charge is 0.358 e. The van der Waals surface area contributed by atoms with Crippen LogP contribution in [0.4, 0.5) is 0 Å². The Hall–Kier alpha value is -2.64. The number of aromatic amines is 1. The van der Waals surface area contributed by atoms with Gasteiger partial charge < -0.3 is 5.11 Å². The summed E-state index contributed by atoms with van der Waals surface area (Å²) in [5, 5.41) is 19.2. The molecule has 1 aliphatic rings. The highest BCUT2D eigenvalue weighted by molar-refractivity contribution is 7.97. The molecule has 0 atom stereocenters. The molecule has 1 fully saturated rings. The van der Waals surface area contributed by atoms with E-state index < -0.39 is 5.97 Å². The van der Waals surface area contributed by atoms with E-state index in [-0.39, 0.29) is 5.69 Å². The highest BCUT2D eigenvalue weighted by atomic mass is 32.2. The topological polar surface area (TPSA) is 82.1 Å². The average molecular weight is 380 g/mol. The summed E-state index contributed by atoms with van der Waals surface area (Å²) in [5.74, 6) is -1.09. The maximum atomic E-state index is 11.2. The molecule has 2 heterocycles. The van der Waals surface area contributed by atoms with Gasteiger partial charge in [0.2, 0.25) is 0 Å². The molecule has 0 saturated carbocycles. The number of hydrogen-bond donors (Lipinski definition) is 2. The molecule has 7 heteroatoms. The molecule has 2 N–H and O–H groups in total. The molecule has 2 aromatic carbocycles. The number of aromatic nitrogens is 3. The first-order valence-electron chi connectivity index (χ1n) is 8.98. The van der Waals surface area contributed by atoms with Crippen molar-refractivity contribution in [2.75, 3.05) is 13.1 Å². The second kappa shape index (κ2) is 7.94. The molecule has 0 unspecified atom stereocenters. The van der Waals surface area contributed by atoms with E-state index in [4.69, 9.17) is 0 Å². The third-order valence-corrected chi connectivity index (χ3v) is 5.71. The number of piperidine rings is 1. The van der Waals surface area contributed by atoms with E-state index in [1.165, 1.54) is 24.2 Å². The number of carboxylic acids is 1. The predicted octanol–water partition coefficient (Wildman–Crippen LogP) is 4.33. The predicted molar refractivity (Wildman–Crippen MR) is 105 cm³/mol. The van der Waals surface area contributed by atoms with Crippen molar-refractivity contribution in [3.63, 3.8) is 0 Å².